The molecule has 0 saturated heterocycles. The Kier molecular flexibility index (Phi) is 3.96. The van der Waals surface area contributed by atoms with Gasteiger partial charge in [-0.15, -0.1) is 0 Å². The molecule has 0 bridgehead atoms. The second-order valence-corrected chi connectivity index (χ2v) is 1.68. The van der Waals surface area contributed by atoms with Gasteiger partial charge in [0.2, 0.25) is 0 Å². The van der Waals surface area contributed by atoms with E-state index in [1.807, 2.05) is 0 Å². The third-order valence-electron chi connectivity index (χ3n) is 1.12. The Morgan fingerprint density at radius 3 is 2.56 bits per heavy atom. The molecule has 0 aromatic heterocycles. The molecule has 0 aromatic carbocycles. The van der Waals surface area contributed by atoms with E-state index in [4.69, 9.17) is 5.11 Å². The van der Waals surface area contributed by atoms with Crippen molar-refractivity contribution >= 4 is 5.97 Å². The van der Waals surface area contributed by atoms with Gasteiger partial charge in [0.1, 0.15) is 0 Å². The molecular formula is C5H9FO3. The number of halogens is 1. The van der Waals surface area contributed by atoms with Crippen molar-refractivity contribution in [2.24, 2.45) is 5.92 Å². The maximum Gasteiger partial charge on any atom is 0.354 e. The molecule has 0 radical (unpaired) electrons. The minimum atomic E-state index is -1.000. The van der Waals surface area contributed by atoms with Gasteiger partial charge >= 0.3 is 5.97 Å². The van der Waals surface area contributed by atoms with Crippen LogP contribution >= 0.6 is 0 Å². The van der Waals surface area contributed by atoms with Crippen molar-refractivity contribution in [2.75, 3.05) is 6.61 Å². The first-order chi connectivity index (χ1) is 4.26. The normalized spacial score (nSPS) is 12.8. The van der Waals surface area contributed by atoms with Crippen LogP contribution in [0, 0.1) is 5.92 Å². The number of hydrogen-bond donors (Lipinski definition) is 1. The first-order valence-corrected chi connectivity index (χ1v) is 2.69. The van der Waals surface area contributed by atoms with Gasteiger partial charge in [0.25, 0.3) is 0 Å². The lowest BCUT2D eigenvalue weighted by Crippen LogP contribution is -2.17. The second kappa shape index (κ2) is 4.26. The monoisotopic (exact) mass is 136 g/mol. The zero-order valence-corrected chi connectivity index (χ0v) is 5.13. The lowest BCUT2D eigenvalue weighted by molar-refractivity contribution is -0.190. The number of aliphatic hydroxyl groups is 1. The molecule has 3 nitrogen and oxygen atoms in total. The van der Waals surface area contributed by atoms with E-state index >= 15 is 0 Å². The Labute approximate surface area is 52.3 Å². The van der Waals surface area contributed by atoms with Crippen LogP contribution in [0.5, 0.6) is 0 Å². The molecular weight excluding hydrogens is 127 g/mol. The molecule has 0 heterocycles. The Morgan fingerprint density at radius 1 is 1.89 bits per heavy atom. The first kappa shape index (κ1) is 8.36. The summed E-state index contributed by atoms with van der Waals surface area (Å²) in [6.07, 6.45) is 0.388. The fourth-order valence-electron chi connectivity index (χ4n) is 0.433. The molecule has 54 valence electrons. The third-order valence-corrected chi connectivity index (χ3v) is 1.12. The summed E-state index contributed by atoms with van der Waals surface area (Å²) in [7, 11) is 0. The SMILES string of the molecule is CC[C@H](CO)C(=O)OF. The number of hydrogen-bond acceptors (Lipinski definition) is 3. The molecule has 0 aliphatic carbocycles. The zero-order chi connectivity index (χ0) is 7.28. The van der Waals surface area contributed by atoms with Crippen molar-refractivity contribution in [3.8, 4) is 0 Å². The van der Waals surface area contributed by atoms with Gasteiger partial charge in [-0.05, 0) is 6.42 Å². The quantitative estimate of drug-likeness (QED) is 0.612. The van der Waals surface area contributed by atoms with E-state index in [0.717, 1.165) is 0 Å². The van der Waals surface area contributed by atoms with Crippen LogP contribution in [0.15, 0.2) is 0 Å². The number of carbonyl (C=O) groups is 1. The predicted molar refractivity (Wildman–Crippen MR) is 28.1 cm³/mol. The summed E-state index contributed by atoms with van der Waals surface area (Å²) in [5.41, 5.74) is 0. The fourth-order valence-corrected chi connectivity index (χ4v) is 0.433. The molecule has 0 rings (SSSR count). The highest BCUT2D eigenvalue weighted by molar-refractivity contribution is 5.71. The van der Waals surface area contributed by atoms with E-state index in [2.05, 4.69) is 4.94 Å². The first-order valence-electron chi connectivity index (χ1n) is 2.69. The lowest BCUT2D eigenvalue weighted by atomic mass is 10.1. The van der Waals surface area contributed by atoms with E-state index in [1.54, 1.807) is 6.92 Å². The van der Waals surface area contributed by atoms with E-state index in [0.29, 0.717) is 6.42 Å². The van der Waals surface area contributed by atoms with Crippen LogP contribution < -0.4 is 0 Å². The summed E-state index contributed by atoms with van der Waals surface area (Å²) >= 11 is 0. The van der Waals surface area contributed by atoms with Crippen LogP contribution in [0.2, 0.25) is 0 Å². The number of aliphatic hydroxyl groups excluding tert-OH is 1. The van der Waals surface area contributed by atoms with E-state index in [1.165, 1.54) is 0 Å². The molecule has 0 spiro atoms. The predicted octanol–water partition coefficient (Wildman–Crippen LogP) is 0.433. The standard InChI is InChI=1S/C5H9FO3/c1-2-4(3-7)5(8)9-6/h4,7H,2-3H2,1H3/t4-/m1/s1. The highest BCUT2D eigenvalue weighted by atomic mass is 19.3. The van der Waals surface area contributed by atoms with E-state index in [9.17, 15) is 9.32 Å². The van der Waals surface area contributed by atoms with Gasteiger partial charge in [0.05, 0.1) is 12.5 Å². The van der Waals surface area contributed by atoms with Crippen LogP contribution in [-0.2, 0) is 9.74 Å². The van der Waals surface area contributed by atoms with Crippen LogP contribution in [0.1, 0.15) is 13.3 Å². The number of rotatable bonds is 3. The fraction of sp³-hybridized carbons (Fsp3) is 0.800. The van der Waals surface area contributed by atoms with Crippen LogP contribution in [0.4, 0.5) is 4.53 Å². The van der Waals surface area contributed by atoms with Crippen molar-refractivity contribution < 1.29 is 19.4 Å². The molecule has 0 saturated carbocycles. The molecule has 9 heavy (non-hydrogen) atoms. The van der Waals surface area contributed by atoms with Crippen molar-refractivity contribution in [2.45, 2.75) is 13.3 Å². The highest BCUT2D eigenvalue weighted by Crippen LogP contribution is 2.03. The molecule has 0 amide bonds. The van der Waals surface area contributed by atoms with Crippen LogP contribution in [0.3, 0.4) is 0 Å². The van der Waals surface area contributed by atoms with Gasteiger partial charge in [-0.25, -0.2) is 4.79 Å². The van der Waals surface area contributed by atoms with E-state index in [-0.39, 0.29) is 6.61 Å². The van der Waals surface area contributed by atoms with Gasteiger partial charge in [0.15, 0.2) is 0 Å². The van der Waals surface area contributed by atoms with E-state index < -0.39 is 11.9 Å². The third kappa shape index (κ3) is 2.41. The highest BCUT2D eigenvalue weighted by Gasteiger charge is 2.16. The van der Waals surface area contributed by atoms with Gasteiger partial charge in [-0.2, -0.15) is 0 Å². The summed E-state index contributed by atoms with van der Waals surface area (Å²) in [6, 6.07) is 0. The molecule has 4 heteroatoms. The molecule has 0 aliphatic heterocycles. The molecule has 1 atom stereocenters. The van der Waals surface area contributed by atoms with Gasteiger partial charge in [-0.1, -0.05) is 6.92 Å². The number of carbonyl (C=O) groups excluding carboxylic acids is 1. The van der Waals surface area contributed by atoms with Crippen LogP contribution in [0.25, 0.3) is 0 Å². The molecule has 0 unspecified atom stereocenters. The topological polar surface area (TPSA) is 46.5 Å². The van der Waals surface area contributed by atoms with Crippen LogP contribution in [-0.4, -0.2) is 17.7 Å². The summed E-state index contributed by atoms with van der Waals surface area (Å²) in [5, 5.41) is 8.36. The summed E-state index contributed by atoms with van der Waals surface area (Å²) in [4.78, 5) is 13.1. The van der Waals surface area contributed by atoms with Crippen molar-refractivity contribution in [3.63, 3.8) is 0 Å². The minimum absolute atomic E-state index is 0.362. The largest absolute Gasteiger partial charge is 0.395 e. The summed E-state index contributed by atoms with van der Waals surface area (Å²) in [5.74, 6) is -1.71. The summed E-state index contributed by atoms with van der Waals surface area (Å²) in [6.45, 7) is 1.30. The average molecular weight is 136 g/mol. The Bertz CT molecular complexity index is 90.2. The van der Waals surface area contributed by atoms with Gasteiger partial charge < -0.3 is 5.11 Å². The Morgan fingerprint density at radius 2 is 2.44 bits per heavy atom. The van der Waals surface area contributed by atoms with Crippen molar-refractivity contribution in [1.82, 2.24) is 0 Å². The van der Waals surface area contributed by atoms with Crippen molar-refractivity contribution in [1.29, 1.82) is 0 Å². The molecule has 0 aliphatic rings. The lowest BCUT2D eigenvalue weighted by Gasteiger charge is -2.03. The minimum Gasteiger partial charge on any atom is -0.395 e. The van der Waals surface area contributed by atoms with Crippen molar-refractivity contribution in [3.05, 3.63) is 0 Å². The Balaban J connectivity index is 3.64. The maximum absolute atomic E-state index is 11.1. The smallest absolute Gasteiger partial charge is 0.354 e. The molecule has 0 aromatic rings. The second-order valence-electron chi connectivity index (χ2n) is 1.68. The molecule has 0 fully saturated rings. The molecule has 1 N–H and O–H groups in total. The zero-order valence-electron chi connectivity index (χ0n) is 5.13. The summed E-state index contributed by atoms with van der Waals surface area (Å²) < 4.78 is 11.1. The van der Waals surface area contributed by atoms with Gasteiger partial charge in [-0.3, -0.25) is 4.94 Å². The maximum atomic E-state index is 11.1. The average Bonchev–Trinajstić information content (AvgIpc) is 1.90. The van der Waals surface area contributed by atoms with Gasteiger partial charge in [0, 0.05) is 4.53 Å². The Hall–Kier alpha value is -0.640.